The van der Waals surface area contributed by atoms with E-state index in [-0.39, 0.29) is 5.95 Å². The van der Waals surface area contributed by atoms with Gasteiger partial charge in [-0.2, -0.15) is 4.98 Å². The highest BCUT2D eigenvalue weighted by molar-refractivity contribution is 5.30. The molecule has 5 heteroatoms. The molecule has 0 unspecified atom stereocenters. The fourth-order valence-corrected chi connectivity index (χ4v) is 1.17. The van der Waals surface area contributed by atoms with Crippen molar-refractivity contribution in [2.24, 2.45) is 0 Å². The van der Waals surface area contributed by atoms with Crippen LogP contribution in [0.4, 0.5) is 11.9 Å². The fraction of sp³-hybridized carbons (Fsp3) is 0.100. The van der Waals surface area contributed by atoms with Gasteiger partial charge in [0.15, 0.2) is 0 Å². The second-order valence-electron chi connectivity index (χ2n) is 3.01. The van der Waals surface area contributed by atoms with Crippen LogP contribution in [-0.4, -0.2) is 15.0 Å². The van der Waals surface area contributed by atoms with Gasteiger partial charge in [0.1, 0.15) is 6.33 Å². The van der Waals surface area contributed by atoms with Gasteiger partial charge in [-0.05, 0) is 5.56 Å². The van der Waals surface area contributed by atoms with Gasteiger partial charge in [0, 0.05) is 6.54 Å². The number of benzene rings is 1. The number of nitrogens with zero attached hydrogens (tertiary/aromatic N) is 3. The molecule has 0 aliphatic rings. The van der Waals surface area contributed by atoms with E-state index in [0.29, 0.717) is 12.5 Å². The van der Waals surface area contributed by atoms with Crippen LogP contribution in [0.25, 0.3) is 0 Å². The minimum atomic E-state index is 0.223. The van der Waals surface area contributed by atoms with Crippen LogP contribution in [0.3, 0.4) is 0 Å². The van der Waals surface area contributed by atoms with Crippen LogP contribution >= 0.6 is 0 Å². The molecule has 76 valence electrons. The molecule has 0 radical (unpaired) electrons. The Bertz CT molecular complexity index is 429. The number of hydrogen-bond donors (Lipinski definition) is 2. The van der Waals surface area contributed by atoms with Gasteiger partial charge in [-0.1, -0.05) is 30.3 Å². The topological polar surface area (TPSA) is 76.7 Å². The smallest absolute Gasteiger partial charge is 0.227 e. The van der Waals surface area contributed by atoms with Crippen molar-refractivity contribution in [3.05, 3.63) is 42.2 Å². The zero-order valence-corrected chi connectivity index (χ0v) is 8.09. The monoisotopic (exact) mass is 201 g/mol. The first-order valence-corrected chi connectivity index (χ1v) is 4.57. The Morgan fingerprint density at radius 3 is 2.67 bits per heavy atom. The first-order chi connectivity index (χ1) is 7.34. The molecule has 3 N–H and O–H groups in total. The van der Waals surface area contributed by atoms with Gasteiger partial charge in [0.2, 0.25) is 11.9 Å². The Kier molecular flexibility index (Phi) is 2.73. The first-order valence-electron chi connectivity index (χ1n) is 4.57. The van der Waals surface area contributed by atoms with Crippen molar-refractivity contribution in [1.82, 2.24) is 15.0 Å². The molecule has 15 heavy (non-hydrogen) atoms. The molecule has 0 aliphatic carbocycles. The minimum absolute atomic E-state index is 0.223. The van der Waals surface area contributed by atoms with Crippen LogP contribution in [0.5, 0.6) is 0 Å². The summed E-state index contributed by atoms with van der Waals surface area (Å²) in [5.41, 5.74) is 6.59. The van der Waals surface area contributed by atoms with Crippen molar-refractivity contribution in [3.63, 3.8) is 0 Å². The average Bonchev–Trinajstić information content (AvgIpc) is 2.28. The zero-order chi connectivity index (χ0) is 10.5. The summed E-state index contributed by atoms with van der Waals surface area (Å²) in [5, 5.41) is 3.06. The van der Waals surface area contributed by atoms with Crippen molar-refractivity contribution in [2.75, 3.05) is 11.1 Å². The Labute approximate surface area is 87.4 Å². The van der Waals surface area contributed by atoms with Gasteiger partial charge in [0.25, 0.3) is 0 Å². The summed E-state index contributed by atoms with van der Waals surface area (Å²) in [7, 11) is 0. The molecular weight excluding hydrogens is 190 g/mol. The zero-order valence-electron chi connectivity index (χ0n) is 8.09. The van der Waals surface area contributed by atoms with Gasteiger partial charge < -0.3 is 11.1 Å². The van der Waals surface area contributed by atoms with Gasteiger partial charge in [-0.25, -0.2) is 9.97 Å². The van der Waals surface area contributed by atoms with Crippen LogP contribution in [0, 0.1) is 0 Å². The van der Waals surface area contributed by atoms with Gasteiger partial charge in [-0.3, -0.25) is 0 Å². The van der Waals surface area contributed by atoms with E-state index in [2.05, 4.69) is 20.3 Å². The van der Waals surface area contributed by atoms with Crippen LogP contribution in [-0.2, 0) is 6.54 Å². The lowest BCUT2D eigenvalue weighted by atomic mass is 10.2. The van der Waals surface area contributed by atoms with Crippen LogP contribution in [0.1, 0.15) is 5.56 Å². The summed E-state index contributed by atoms with van der Waals surface area (Å²) in [6.45, 7) is 0.671. The second-order valence-corrected chi connectivity index (χ2v) is 3.01. The predicted octanol–water partition coefficient (Wildman–Crippen LogP) is 1.07. The Hall–Kier alpha value is -2.17. The number of anilines is 2. The first kappa shape index (κ1) is 9.39. The molecule has 0 saturated carbocycles. The normalized spacial score (nSPS) is 9.87. The van der Waals surface area contributed by atoms with Crippen molar-refractivity contribution in [1.29, 1.82) is 0 Å². The molecule has 1 aromatic carbocycles. The van der Waals surface area contributed by atoms with E-state index in [1.54, 1.807) is 0 Å². The van der Waals surface area contributed by atoms with E-state index in [0.717, 1.165) is 5.56 Å². The van der Waals surface area contributed by atoms with E-state index in [9.17, 15) is 0 Å². The number of hydrogen-bond acceptors (Lipinski definition) is 5. The average molecular weight is 201 g/mol. The molecule has 0 amide bonds. The standard InChI is InChI=1S/C10H11N5/c11-9-13-7-14-10(15-9)12-6-8-4-2-1-3-5-8/h1-5,7H,6H2,(H3,11,12,13,14,15). The molecule has 5 nitrogen and oxygen atoms in total. The minimum Gasteiger partial charge on any atom is -0.368 e. The van der Waals surface area contributed by atoms with Crippen LogP contribution in [0.2, 0.25) is 0 Å². The fourth-order valence-electron chi connectivity index (χ4n) is 1.17. The van der Waals surface area contributed by atoms with Crippen molar-refractivity contribution in [3.8, 4) is 0 Å². The highest BCUT2D eigenvalue weighted by atomic mass is 15.2. The molecule has 1 aromatic heterocycles. The van der Waals surface area contributed by atoms with Crippen molar-refractivity contribution >= 4 is 11.9 Å². The van der Waals surface area contributed by atoms with Crippen LogP contribution in [0.15, 0.2) is 36.7 Å². The third-order valence-corrected chi connectivity index (χ3v) is 1.88. The van der Waals surface area contributed by atoms with E-state index in [1.165, 1.54) is 6.33 Å². The third kappa shape index (κ3) is 2.63. The maximum atomic E-state index is 5.43. The molecule has 0 aliphatic heterocycles. The van der Waals surface area contributed by atoms with Crippen molar-refractivity contribution in [2.45, 2.75) is 6.54 Å². The van der Waals surface area contributed by atoms with Crippen molar-refractivity contribution < 1.29 is 0 Å². The van der Waals surface area contributed by atoms with E-state index in [1.807, 2.05) is 30.3 Å². The summed E-state index contributed by atoms with van der Waals surface area (Å²) in [6, 6.07) is 10.00. The largest absolute Gasteiger partial charge is 0.368 e. The van der Waals surface area contributed by atoms with E-state index < -0.39 is 0 Å². The molecule has 0 fully saturated rings. The Balaban J connectivity index is 1.99. The molecule has 0 bridgehead atoms. The van der Waals surface area contributed by atoms with Crippen LogP contribution < -0.4 is 11.1 Å². The molecule has 0 saturated heterocycles. The van der Waals surface area contributed by atoms with E-state index >= 15 is 0 Å². The summed E-state index contributed by atoms with van der Waals surface area (Å²) < 4.78 is 0. The van der Waals surface area contributed by atoms with E-state index in [4.69, 9.17) is 5.73 Å². The number of nitrogens with one attached hydrogen (secondary N) is 1. The number of aromatic nitrogens is 3. The third-order valence-electron chi connectivity index (χ3n) is 1.88. The summed E-state index contributed by atoms with van der Waals surface area (Å²) in [4.78, 5) is 11.6. The highest BCUT2D eigenvalue weighted by Crippen LogP contribution is 2.03. The molecular formula is C10H11N5. The number of nitrogen functional groups attached to an aromatic ring is 1. The summed E-state index contributed by atoms with van der Waals surface area (Å²) >= 11 is 0. The van der Waals surface area contributed by atoms with Gasteiger partial charge in [0.05, 0.1) is 0 Å². The van der Waals surface area contributed by atoms with Gasteiger partial charge >= 0.3 is 0 Å². The molecule has 0 spiro atoms. The maximum Gasteiger partial charge on any atom is 0.227 e. The Morgan fingerprint density at radius 1 is 1.13 bits per heavy atom. The molecule has 1 heterocycles. The molecule has 2 aromatic rings. The summed E-state index contributed by atoms with van der Waals surface area (Å²) in [5.74, 6) is 0.715. The quantitative estimate of drug-likeness (QED) is 0.776. The lowest BCUT2D eigenvalue weighted by molar-refractivity contribution is 1.01. The SMILES string of the molecule is Nc1ncnc(NCc2ccccc2)n1. The Morgan fingerprint density at radius 2 is 1.93 bits per heavy atom. The maximum absolute atomic E-state index is 5.43. The second kappa shape index (κ2) is 4.36. The highest BCUT2D eigenvalue weighted by Gasteiger charge is 1.96. The molecule has 2 rings (SSSR count). The summed E-state index contributed by atoms with van der Waals surface area (Å²) in [6.07, 6.45) is 1.38. The number of rotatable bonds is 3. The van der Waals surface area contributed by atoms with Gasteiger partial charge in [-0.15, -0.1) is 0 Å². The predicted molar refractivity (Wildman–Crippen MR) is 58.0 cm³/mol. The number of nitrogens with two attached hydrogens (primary N) is 1. The lowest BCUT2D eigenvalue weighted by Gasteiger charge is -2.03. The molecule has 0 atom stereocenters. The lowest BCUT2D eigenvalue weighted by Crippen LogP contribution is -2.05.